The largest absolute Gasteiger partial charge is 0.466 e. The van der Waals surface area contributed by atoms with E-state index in [0.717, 1.165) is 16.7 Å². The van der Waals surface area contributed by atoms with Crippen LogP contribution in [-0.4, -0.2) is 13.1 Å². The van der Waals surface area contributed by atoms with Gasteiger partial charge in [0.05, 0.1) is 7.11 Å². The van der Waals surface area contributed by atoms with Crippen LogP contribution in [0.4, 0.5) is 0 Å². The highest BCUT2D eigenvalue weighted by atomic mass is 16.5. The fraction of sp³-hybridized carbons (Fsp3) is 0.0625. The Morgan fingerprint density at radius 2 is 1.33 bits per heavy atom. The Morgan fingerprint density at radius 3 is 1.72 bits per heavy atom. The van der Waals surface area contributed by atoms with Gasteiger partial charge in [0.15, 0.2) is 0 Å². The van der Waals surface area contributed by atoms with Crippen molar-refractivity contribution in [3.63, 3.8) is 0 Å². The Balaban J connectivity index is 2.49. The highest BCUT2D eigenvalue weighted by molar-refractivity contribution is 5.96. The average Bonchev–Trinajstić information content (AvgIpc) is 2.46. The van der Waals surface area contributed by atoms with Crippen LogP contribution >= 0.6 is 0 Å². The Morgan fingerprint density at radius 1 is 0.889 bits per heavy atom. The van der Waals surface area contributed by atoms with E-state index in [1.54, 1.807) is 0 Å². The molecule has 0 saturated carbocycles. The van der Waals surface area contributed by atoms with Crippen LogP contribution in [0.1, 0.15) is 11.1 Å². The fourth-order valence-corrected chi connectivity index (χ4v) is 1.75. The van der Waals surface area contributed by atoms with Gasteiger partial charge in [-0.1, -0.05) is 60.7 Å². The first-order valence-corrected chi connectivity index (χ1v) is 5.72. The van der Waals surface area contributed by atoms with Crippen molar-refractivity contribution in [3.05, 3.63) is 77.9 Å². The molecule has 90 valence electrons. The predicted octanol–water partition coefficient (Wildman–Crippen LogP) is 3.29. The average molecular weight is 238 g/mol. The maximum atomic E-state index is 11.5. The van der Waals surface area contributed by atoms with Gasteiger partial charge < -0.3 is 4.74 Å². The molecule has 0 bridgehead atoms. The lowest BCUT2D eigenvalue weighted by atomic mass is 9.98. The van der Waals surface area contributed by atoms with Gasteiger partial charge in [0.25, 0.3) is 0 Å². The smallest absolute Gasteiger partial charge is 0.331 e. The highest BCUT2D eigenvalue weighted by Gasteiger charge is 2.06. The molecule has 0 aromatic heterocycles. The Kier molecular flexibility index (Phi) is 3.92. The van der Waals surface area contributed by atoms with Gasteiger partial charge in [-0.25, -0.2) is 4.79 Å². The van der Waals surface area contributed by atoms with Gasteiger partial charge in [-0.15, -0.1) is 0 Å². The zero-order chi connectivity index (χ0) is 12.8. The molecule has 18 heavy (non-hydrogen) atoms. The van der Waals surface area contributed by atoms with E-state index < -0.39 is 0 Å². The van der Waals surface area contributed by atoms with Crippen molar-refractivity contribution in [2.24, 2.45) is 0 Å². The van der Waals surface area contributed by atoms with E-state index in [1.807, 2.05) is 60.7 Å². The molecule has 2 aromatic rings. The van der Waals surface area contributed by atoms with Gasteiger partial charge in [-0.3, -0.25) is 0 Å². The van der Waals surface area contributed by atoms with Crippen LogP contribution in [0.5, 0.6) is 0 Å². The van der Waals surface area contributed by atoms with Gasteiger partial charge in [0, 0.05) is 6.08 Å². The molecular formula is C16H14O2. The Hall–Kier alpha value is -2.35. The first-order chi connectivity index (χ1) is 8.81. The Bertz CT molecular complexity index is 500. The number of ether oxygens (including phenoxy) is 1. The van der Waals surface area contributed by atoms with Crippen molar-refractivity contribution >= 4 is 11.5 Å². The first kappa shape index (κ1) is 12.1. The van der Waals surface area contributed by atoms with Gasteiger partial charge in [-0.05, 0) is 16.7 Å². The molecule has 2 rings (SSSR count). The second-order valence-corrected chi connectivity index (χ2v) is 3.81. The number of hydrogen-bond acceptors (Lipinski definition) is 2. The molecule has 2 aromatic carbocycles. The van der Waals surface area contributed by atoms with E-state index in [0.29, 0.717) is 0 Å². The van der Waals surface area contributed by atoms with E-state index >= 15 is 0 Å². The normalized spacial score (nSPS) is 9.61. The molecule has 0 amide bonds. The lowest BCUT2D eigenvalue weighted by molar-refractivity contribution is -0.134. The summed E-state index contributed by atoms with van der Waals surface area (Å²) in [4.78, 5) is 11.5. The minimum absolute atomic E-state index is 0.349. The zero-order valence-corrected chi connectivity index (χ0v) is 10.2. The molecule has 0 atom stereocenters. The molecule has 0 fully saturated rings. The third-order valence-corrected chi connectivity index (χ3v) is 2.63. The molecule has 0 N–H and O–H groups in total. The maximum absolute atomic E-state index is 11.5. The predicted molar refractivity (Wildman–Crippen MR) is 72.0 cm³/mol. The number of methoxy groups -OCH3 is 1. The number of esters is 1. The van der Waals surface area contributed by atoms with E-state index in [2.05, 4.69) is 0 Å². The summed E-state index contributed by atoms with van der Waals surface area (Å²) in [5.41, 5.74) is 2.85. The van der Waals surface area contributed by atoms with Gasteiger partial charge >= 0.3 is 5.97 Å². The molecule has 0 aliphatic rings. The number of benzene rings is 2. The molecule has 0 aliphatic heterocycles. The Labute approximate surface area is 107 Å². The number of rotatable bonds is 3. The lowest BCUT2D eigenvalue weighted by Crippen LogP contribution is -1.98. The van der Waals surface area contributed by atoms with Gasteiger partial charge in [0.2, 0.25) is 0 Å². The third-order valence-electron chi connectivity index (χ3n) is 2.63. The number of carbonyl (C=O) groups is 1. The van der Waals surface area contributed by atoms with E-state index in [1.165, 1.54) is 13.2 Å². The summed E-state index contributed by atoms with van der Waals surface area (Å²) in [6.07, 6.45) is 1.52. The van der Waals surface area contributed by atoms with Crippen molar-refractivity contribution in [1.82, 2.24) is 0 Å². The molecule has 0 aliphatic carbocycles. The van der Waals surface area contributed by atoms with Crippen LogP contribution in [0.25, 0.3) is 5.57 Å². The van der Waals surface area contributed by atoms with Crippen LogP contribution in [0, 0.1) is 0 Å². The summed E-state index contributed by atoms with van der Waals surface area (Å²) in [6, 6.07) is 19.6. The first-order valence-electron chi connectivity index (χ1n) is 5.72. The summed E-state index contributed by atoms with van der Waals surface area (Å²) in [7, 11) is 1.38. The molecule has 0 spiro atoms. The van der Waals surface area contributed by atoms with Crippen LogP contribution in [-0.2, 0) is 9.53 Å². The standard InChI is InChI=1S/C16H14O2/c1-18-16(17)12-15(13-8-4-2-5-9-13)14-10-6-3-7-11-14/h2-12H,1H3. The lowest BCUT2D eigenvalue weighted by Gasteiger charge is -2.07. The summed E-state index contributed by atoms with van der Waals surface area (Å²) in [5, 5.41) is 0. The minimum Gasteiger partial charge on any atom is -0.466 e. The van der Waals surface area contributed by atoms with Crippen molar-refractivity contribution < 1.29 is 9.53 Å². The summed E-state index contributed by atoms with van der Waals surface area (Å²) in [5.74, 6) is -0.349. The molecule has 0 heterocycles. The second-order valence-electron chi connectivity index (χ2n) is 3.81. The molecule has 0 unspecified atom stereocenters. The van der Waals surface area contributed by atoms with E-state index in [-0.39, 0.29) is 5.97 Å². The van der Waals surface area contributed by atoms with Crippen molar-refractivity contribution in [1.29, 1.82) is 0 Å². The SMILES string of the molecule is COC(=O)C=C(c1ccccc1)c1ccccc1. The topological polar surface area (TPSA) is 26.3 Å². The molecule has 0 radical (unpaired) electrons. The monoisotopic (exact) mass is 238 g/mol. The summed E-state index contributed by atoms with van der Waals surface area (Å²) < 4.78 is 4.71. The van der Waals surface area contributed by atoms with Crippen molar-refractivity contribution in [3.8, 4) is 0 Å². The van der Waals surface area contributed by atoms with Crippen LogP contribution in [0.2, 0.25) is 0 Å². The second kappa shape index (κ2) is 5.82. The maximum Gasteiger partial charge on any atom is 0.331 e. The third kappa shape index (κ3) is 2.86. The highest BCUT2D eigenvalue weighted by Crippen LogP contribution is 2.22. The molecule has 0 saturated heterocycles. The quantitative estimate of drug-likeness (QED) is 0.606. The van der Waals surface area contributed by atoms with Crippen molar-refractivity contribution in [2.45, 2.75) is 0 Å². The molecule has 2 heteroatoms. The summed E-state index contributed by atoms with van der Waals surface area (Å²) in [6.45, 7) is 0. The van der Waals surface area contributed by atoms with Crippen LogP contribution in [0.3, 0.4) is 0 Å². The van der Waals surface area contributed by atoms with Gasteiger partial charge in [-0.2, -0.15) is 0 Å². The van der Waals surface area contributed by atoms with Crippen LogP contribution in [0.15, 0.2) is 66.7 Å². The summed E-state index contributed by atoms with van der Waals surface area (Å²) >= 11 is 0. The molecular weight excluding hydrogens is 224 g/mol. The fourth-order valence-electron chi connectivity index (χ4n) is 1.75. The van der Waals surface area contributed by atoms with Crippen molar-refractivity contribution in [2.75, 3.05) is 7.11 Å². The minimum atomic E-state index is -0.349. The number of hydrogen-bond donors (Lipinski definition) is 0. The number of carbonyl (C=O) groups excluding carboxylic acids is 1. The molecule has 2 nitrogen and oxygen atoms in total. The van der Waals surface area contributed by atoms with E-state index in [9.17, 15) is 4.79 Å². The van der Waals surface area contributed by atoms with Gasteiger partial charge in [0.1, 0.15) is 0 Å². The van der Waals surface area contributed by atoms with E-state index in [4.69, 9.17) is 4.74 Å². The van der Waals surface area contributed by atoms with Crippen LogP contribution < -0.4 is 0 Å². The zero-order valence-electron chi connectivity index (χ0n) is 10.2.